The van der Waals surface area contributed by atoms with Crippen molar-refractivity contribution in [2.45, 2.75) is 78.6 Å². The first kappa shape index (κ1) is 19.8. The predicted octanol–water partition coefficient (Wildman–Crippen LogP) is 3.29. The van der Waals surface area contributed by atoms with Crippen LogP contribution in [-0.2, 0) is 11.3 Å². The second kappa shape index (κ2) is 7.77. The maximum absolute atomic E-state index is 12.4. The number of hydrogen-bond donors (Lipinski definition) is 1. The predicted molar refractivity (Wildman–Crippen MR) is 99.4 cm³/mol. The number of carbonyl (C=O) groups is 1. The molecule has 0 saturated carbocycles. The number of carbonyl (C=O) groups excluding carboxylic acids is 1. The van der Waals surface area contributed by atoms with Crippen LogP contribution in [0.5, 0.6) is 0 Å². The number of nitrogens with zero attached hydrogens (tertiary/aromatic N) is 3. The van der Waals surface area contributed by atoms with Crippen LogP contribution < -0.4 is 5.32 Å². The summed E-state index contributed by atoms with van der Waals surface area (Å²) in [5.41, 5.74) is -0.342. The van der Waals surface area contributed by atoms with E-state index in [1.165, 1.54) is 0 Å². The molecule has 6 heteroatoms. The first-order valence-corrected chi connectivity index (χ1v) is 9.24. The Bertz CT molecular complexity index is 543. The standard InChI is InChI=1S/C19H34N4O2/c1-18(2,3)16(13-22-11-9-20-14-22)21-15-8-7-10-23(12-15)17(24)25-19(4,5)6/h9,11,14-16,21H,7-8,10,12-13H2,1-6H3. The smallest absolute Gasteiger partial charge is 0.410 e. The number of imidazole rings is 1. The van der Waals surface area contributed by atoms with Crippen molar-refractivity contribution >= 4 is 6.09 Å². The van der Waals surface area contributed by atoms with Crippen LogP contribution in [0.3, 0.4) is 0 Å². The van der Waals surface area contributed by atoms with Crippen LogP contribution in [0.25, 0.3) is 0 Å². The van der Waals surface area contributed by atoms with Crippen molar-refractivity contribution in [1.82, 2.24) is 19.8 Å². The molecule has 2 atom stereocenters. The molecule has 2 rings (SSSR count). The van der Waals surface area contributed by atoms with Crippen molar-refractivity contribution in [3.05, 3.63) is 18.7 Å². The van der Waals surface area contributed by atoms with Crippen molar-refractivity contribution in [1.29, 1.82) is 0 Å². The van der Waals surface area contributed by atoms with Gasteiger partial charge in [-0.15, -0.1) is 0 Å². The molecule has 0 bridgehead atoms. The summed E-state index contributed by atoms with van der Waals surface area (Å²) >= 11 is 0. The van der Waals surface area contributed by atoms with Crippen LogP contribution in [0.1, 0.15) is 54.4 Å². The quantitative estimate of drug-likeness (QED) is 0.905. The van der Waals surface area contributed by atoms with Crippen LogP contribution >= 0.6 is 0 Å². The highest BCUT2D eigenvalue weighted by molar-refractivity contribution is 5.68. The van der Waals surface area contributed by atoms with E-state index in [2.05, 4.69) is 35.6 Å². The molecule has 1 amide bonds. The third-order valence-corrected chi connectivity index (χ3v) is 4.51. The van der Waals surface area contributed by atoms with Gasteiger partial charge >= 0.3 is 6.09 Å². The molecule has 1 aromatic rings. The monoisotopic (exact) mass is 350 g/mol. The van der Waals surface area contributed by atoms with Gasteiger partial charge in [0, 0.05) is 44.1 Å². The van der Waals surface area contributed by atoms with Crippen molar-refractivity contribution < 1.29 is 9.53 Å². The molecule has 1 N–H and O–H groups in total. The van der Waals surface area contributed by atoms with Gasteiger partial charge in [0.15, 0.2) is 0 Å². The molecule has 1 aliphatic rings. The molecule has 0 spiro atoms. The number of aromatic nitrogens is 2. The fourth-order valence-corrected chi connectivity index (χ4v) is 3.07. The van der Waals surface area contributed by atoms with Crippen LogP contribution in [0.4, 0.5) is 4.79 Å². The molecule has 25 heavy (non-hydrogen) atoms. The molecule has 2 heterocycles. The molecule has 1 saturated heterocycles. The average molecular weight is 351 g/mol. The number of likely N-dealkylation sites (tertiary alicyclic amines) is 1. The minimum Gasteiger partial charge on any atom is -0.444 e. The Hall–Kier alpha value is -1.56. The zero-order chi connectivity index (χ0) is 18.7. The SMILES string of the molecule is CC(C)(C)OC(=O)N1CCCC(NC(Cn2ccnc2)C(C)(C)C)C1. The molecule has 1 aliphatic heterocycles. The summed E-state index contributed by atoms with van der Waals surface area (Å²) in [6.07, 6.45) is 7.53. The molecule has 142 valence electrons. The van der Waals surface area contributed by atoms with E-state index >= 15 is 0 Å². The van der Waals surface area contributed by atoms with E-state index in [0.29, 0.717) is 12.6 Å². The van der Waals surface area contributed by atoms with E-state index in [0.717, 1.165) is 25.9 Å². The number of rotatable bonds is 4. The first-order chi connectivity index (χ1) is 11.5. The van der Waals surface area contributed by atoms with Crippen LogP contribution in [-0.4, -0.2) is 51.3 Å². The fourth-order valence-electron chi connectivity index (χ4n) is 3.07. The number of piperidine rings is 1. The van der Waals surface area contributed by atoms with Crippen molar-refractivity contribution in [3.8, 4) is 0 Å². The summed E-state index contributed by atoms with van der Waals surface area (Å²) in [6, 6.07) is 0.583. The number of amides is 1. The lowest BCUT2D eigenvalue weighted by Crippen LogP contribution is -2.55. The lowest BCUT2D eigenvalue weighted by atomic mass is 9.85. The van der Waals surface area contributed by atoms with Gasteiger partial charge in [-0.3, -0.25) is 0 Å². The second-order valence-corrected chi connectivity index (χ2v) is 9.11. The van der Waals surface area contributed by atoms with Crippen molar-refractivity contribution in [3.63, 3.8) is 0 Å². The van der Waals surface area contributed by atoms with Gasteiger partial charge in [0.2, 0.25) is 0 Å². The Kier molecular flexibility index (Phi) is 6.14. The maximum atomic E-state index is 12.4. The summed E-state index contributed by atoms with van der Waals surface area (Å²) < 4.78 is 7.64. The Morgan fingerprint density at radius 2 is 2.04 bits per heavy atom. The highest BCUT2D eigenvalue weighted by Gasteiger charge is 2.32. The van der Waals surface area contributed by atoms with Crippen molar-refractivity contribution in [2.24, 2.45) is 5.41 Å². The van der Waals surface area contributed by atoms with E-state index in [4.69, 9.17) is 4.74 Å². The molecule has 2 unspecified atom stereocenters. The zero-order valence-electron chi connectivity index (χ0n) is 16.6. The highest BCUT2D eigenvalue weighted by atomic mass is 16.6. The summed E-state index contributed by atoms with van der Waals surface area (Å²) in [5.74, 6) is 0. The second-order valence-electron chi connectivity index (χ2n) is 9.11. The van der Waals surface area contributed by atoms with Gasteiger partial charge in [-0.05, 0) is 39.0 Å². The number of hydrogen-bond acceptors (Lipinski definition) is 4. The number of nitrogens with one attached hydrogen (secondary N) is 1. The molecule has 6 nitrogen and oxygen atoms in total. The summed E-state index contributed by atoms with van der Waals surface area (Å²) in [4.78, 5) is 18.3. The third kappa shape index (κ3) is 6.34. The van der Waals surface area contributed by atoms with Crippen LogP contribution in [0, 0.1) is 5.41 Å². The summed E-state index contributed by atoms with van der Waals surface area (Å²) in [7, 11) is 0. The molecule has 1 fully saturated rings. The molecular weight excluding hydrogens is 316 g/mol. The first-order valence-electron chi connectivity index (χ1n) is 9.24. The fraction of sp³-hybridized carbons (Fsp3) is 0.789. The molecular formula is C19H34N4O2. The lowest BCUT2D eigenvalue weighted by Gasteiger charge is -2.39. The van der Waals surface area contributed by atoms with E-state index in [1.807, 2.05) is 44.4 Å². The van der Waals surface area contributed by atoms with Gasteiger partial charge in [-0.2, -0.15) is 0 Å². The molecule has 0 aliphatic carbocycles. The summed E-state index contributed by atoms with van der Waals surface area (Å²) in [5, 5.41) is 3.78. The normalized spacial score (nSPS) is 20.4. The van der Waals surface area contributed by atoms with Gasteiger partial charge < -0.3 is 19.5 Å². The Labute approximate surface area is 151 Å². The van der Waals surface area contributed by atoms with E-state index in [1.54, 1.807) is 0 Å². The van der Waals surface area contributed by atoms with Crippen LogP contribution in [0.2, 0.25) is 0 Å². The Morgan fingerprint density at radius 1 is 1.32 bits per heavy atom. The average Bonchev–Trinajstić information content (AvgIpc) is 2.97. The van der Waals surface area contributed by atoms with E-state index < -0.39 is 5.60 Å². The Morgan fingerprint density at radius 3 is 2.60 bits per heavy atom. The van der Waals surface area contributed by atoms with Gasteiger partial charge in [0.05, 0.1) is 6.33 Å². The molecule has 0 radical (unpaired) electrons. The van der Waals surface area contributed by atoms with Gasteiger partial charge in [-0.25, -0.2) is 9.78 Å². The van der Waals surface area contributed by atoms with Crippen LogP contribution in [0.15, 0.2) is 18.7 Å². The Balaban J connectivity index is 1.97. The highest BCUT2D eigenvalue weighted by Crippen LogP contribution is 2.23. The van der Waals surface area contributed by atoms with Crippen molar-refractivity contribution in [2.75, 3.05) is 13.1 Å². The van der Waals surface area contributed by atoms with E-state index in [9.17, 15) is 4.79 Å². The van der Waals surface area contributed by atoms with Gasteiger partial charge in [0.25, 0.3) is 0 Å². The minimum atomic E-state index is -0.452. The minimum absolute atomic E-state index is 0.110. The maximum Gasteiger partial charge on any atom is 0.410 e. The lowest BCUT2D eigenvalue weighted by molar-refractivity contribution is 0.0174. The largest absolute Gasteiger partial charge is 0.444 e. The number of ether oxygens (including phenoxy) is 1. The van der Waals surface area contributed by atoms with Gasteiger partial charge in [0.1, 0.15) is 5.60 Å². The molecule has 1 aromatic heterocycles. The third-order valence-electron chi connectivity index (χ3n) is 4.51. The molecule has 0 aromatic carbocycles. The van der Waals surface area contributed by atoms with E-state index in [-0.39, 0.29) is 17.6 Å². The summed E-state index contributed by atoms with van der Waals surface area (Å²) in [6.45, 7) is 14.8. The zero-order valence-corrected chi connectivity index (χ0v) is 16.6. The topological polar surface area (TPSA) is 59.4 Å². The van der Waals surface area contributed by atoms with Gasteiger partial charge in [-0.1, -0.05) is 20.8 Å².